The number of nitrogens with zero attached hydrogens (tertiary/aromatic N) is 5. The minimum atomic E-state index is 0.0222. The highest BCUT2D eigenvalue weighted by Crippen LogP contribution is 2.37. The summed E-state index contributed by atoms with van der Waals surface area (Å²) in [6, 6.07) is 10.1. The molecule has 31 heavy (non-hydrogen) atoms. The van der Waals surface area contributed by atoms with Crippen molar-refractivity contribution in [1.29, 1.82) is 0 Å². The van der Waals surface area contributed by atoms with Crippen LogP contribution >= 0.6 is 11.3 Å². The molecule has 1 aliphatic rings. The van der Waals surface area contributed by atoms with E-state index >= 15 is 0 Å². The van der Waals surface area contributed by atoms with Gasteiger partial charge in [-0.05, 0) is 35.9 Å². The largest absolute Gasteiger partial charge is 0.485 e. The summed E-state index contributed by atoms with van der Waals surface area (Å²) in [4.78, 5) is 13.4. The van der Waals surface area contributed by atoms with Crippen molar-refractivity contribution >= 4 is 44.0 Å². The number of nitrogens with one attached hydrogen (secondary N) is 1. The summed E-state index contributed by atoms with van der Waals surface area (Å²) >= 11 is 1.61. The molecule has 0 saturated carbocycles. The van der Waals surface area contributed by atoms with Crippen molar-refractivity contribution < 1.29 is 9.47 Å². The Morgan fingerprint density at radius 1 is 1.10 bits per heavy atom. The Balaban J connectivity index is 1.47. The molecule has 5 aromatic rings. The first kappa shape index (κ1) is 18.2. The number of benzene rings is 2. The molecular weight excluding hydrogens is 412 g/mol. The van der Waals surface area contributed by atoms with Crippen LogP contribution in [0.1, 0.15) is 0 Å². The van der Waals surface area contributed by atoms with Crippen LogP contribution in [-0.2, 0) is 11.8 Å². The van der Waals surface area contributed by atoms with Crippen molar-refractivity contribution in [2.24, 2.45) is 7.05 Å². The van der Waals surface area contributed by atoms with Crippen molar-refractivity contribution in [3.05, 3.63) is 54.6 Å². The molecule has 1 saturated heterocycles. The lowest BCUT2D eigenvalue weighted by Gasteiger charge is -2.27. The van der Waals surface area contributed by atoms with Gasteiger partial charge >= 0.3 is 0 Å². The summed E-state index contributed by atoms with van der Waals surface area (Å²) in [5, 5.41) is 8.57. The highest BCUT2D eigenvalue weighted by Gasteiger charge is 2.23. The third kappa shape index (κ3) is 3.37. The van der Waals surface area contributed by atoms with E-state index < -0.39 is 0 Å². The number of hydrogen-bond donors (Lipinski definition) is 1. The Labute approximate surface area is 181 Å². The molecule has 8 nitrogen and oxygen atoms in total. The lowest BCUT2D eigenvalue weighted by molar-refractivity contribution is -0.0790. The molecule has 3 aromatic heterocycles. The third-order valence-corrected chi connectivity index (χ3v) is 6.03. The van der Waals surface area contributed by atoms with Gasteiger partial charge in [0.2, 0.25) is 0 Å². The summed E-state index contributed by atoms with van der Waals surface area (Å²) < 4.78 is 14.5. The van der Waals surface area contributed by atoms with Crippen molar-refractivity contribution in [2.45, 2.75) is 6.10 Å². The fraction of sp³-hybridized carbons (Fsp3) is 0.182. The van der Waals surface area contributed by atoms with Crippen molar-refractivity contribution in [1.82, 2.24) is 24.7 Å². The van der Waals surface area contributed by atoms with Gasteiger partial charge in [-0.1, -0.05) is 0 Å². The summed E-state index contributed by atoms with van der Waals surface area (Å²) in [5.74, 6) is 1.42. The molecule has 1 aliphatic heterocycles. The van der Waals surface area contributed by atoms with Gasteiger partial charge in [0, 0.05) is 24.5 Å². The Morgan fingerprint density at radius 2 is 2.03 bits per heavy atom. The highest BCUT2D eigenvalue weighted by molar-refractivity contribution is 7.16. The molecule has 0 radical (unpaired) electrons. The van der Waals surface area contributed by atoms with Crippen LogP contribution in [0.25, 0.3) is 32.2 Å². The van der Waals surface area contributed by atoms with Crippen LogP contribution in [0.2, 0.25) is 0 Å². The molecule has 4 heterocycles. The number of aromatic nitrogens is 5. The molecule has 154 valence electrons. The molecule has 1 fully saturated rings. The molecule has 0 bridgehead atoms. The van der Waals surface area contributed by atoms with E-state index in [2.05, 4.69) is 31.4 Å². The van der Waals surface area contributed by atoms with Gasteiger partial charge in [-0.2, -0.15) is 5.10 Å². The number of ether oxygens (including phenoxy) is 2. The number of aryl methyl sites for hydroxylation is 1. The second-order valence-electron chi connectivity index (χ2n) is 7.43. The van der Waals surface area contributed by atoms with Crippen molar-refractivity contribution in [3.8, 4) is 16.9 Å². The average molecular weight is 430 g/mol. The average Bonchev–Trinajstić information content (AvgIpc) is 3.39. The van der Waals surface area contributed by atoms with E-state index in [0.29, 0.717) is 19.0 Å². The molecule has 0 atom stereocenters. The predicted molar refractivity (Wildman–Crippen MR) is 120 cm³/mol. The number of thiazole rings is 1. The van der Waals surface area contributed by atoms with Gasteiger partial charge in [-0.15, -0.1) is 11.3 Å². The van der Waals surface area contributed by atoms with Gasteiger partial charge in [0.05, 0.1) is 46.0 Å². The van der Waals surface area contributed by atoms with E-state index in [0.717, 1.165) is 43.7 Å². The van der Waals surface area contributed by atoms with Crippen molar-refractivity contribution in [2.75, 3.05) is 18.5 Å². The van der Waals surface area contributed by atoms with Crippen LogP contribution in [-0.4, -0.2) is 44.1 Å². The van der Waals surface area contributed by atoms with E-state index in [-0.39, 0.29) is 6.10 Å². The first-order valence-corrected chi connectivity index (χ1v) is 10.7. The van der Waals surface area contributed by atoms with Crippen LogP contribution in [0, 0.1) is 0 Å². The molecular formula is C22H18N6O2S. The van der Waals surface area contributed by atoms with E-state index in [1.54, 1.807) is 22.3 Å². The predicted octanol–water partition coefficient (Wildman–Crippen LogP) is 4.16. The second-order valence-corrected chi connectivity index (χ2v) is 8.32. The summed E-state index contributed by atoms with van der Waals surface area (Å²) in [6.45, 7) is 1.16. The summed E-state index contributed by atoms with van der Waals surface area (Å²) in [7, 11) is 1.90. The maximum Gasteiger partial charge on any atom is 0.145 e. The SMILES string of the molecule is Cn1cc(-c2cc(OC3COC3)c3c(Nc4ccc5ncsc5c4)ncnc3c2)cn1. The second kappa shape index (κ2) is 7.29. The summed E-state index contributed by atoms with van der Waals surface area (Å²) in [5.41, 5.74) is 6.56. The van der Waals surface area contributed by atoms with Gasteiger partial charge in [0.15, 0.2) is 0 Å². The van der Waals surface area contributed by atoms with Gasteiger partial charge in [-0.25, -0.2) is 15.0 Å². The Morgan fingerprint density at radius 3 is 2.84 bits per heavy atom. The van der Waals surface area contributed by atoms with Crippen LogP contribution in [0.15, 0.2) is 54.6 Å². The van der Waals surface area contributed by atoms with Crippen LogP contribution in [0.5, 0.6) is 5.75 Å². The van der Waals surface area contributed by atoms with Crippen molar-refractivity contribution in [3.63, 3.8) is 0 Å². The van der Waals surface area contributed by atoms with E-state index in [4.69, 9.17) is 9.47 Å². The Kier molecular flexibility index (Phi) is 4.29. The van der Waals surface area contributed by atoms with E-state index in [9.17, 15) is 0 Å². The fourth-order valence-electron chi connectivity index (χ4n) is 3.61. The minimum Gasteiger partial charge on any atom is -0.485 e. The quantitative estimate of drug-likeness (QED) is 0.448. The van der Waals surface area contributed by atoms with Gasteiger partial charge < -0.3 is 14.8 Å². The molecule has 0 spiro atoms. The van der Waals surface area contributed by atoms with E-state index in [1.807, 2.05) is 49.2 Å². The smallest absolute Gasteiger partial charge is 0.145 e. The lowest BCUT2D eigenvalue weighted by atomic mass is 10.1. The molecule has 2 aromatic carbocycles. The zero-order valence-corrected chi connectivity index (χ0v) is 17.5. The number of anilines is 2. The minimum absolute atomic E-state index is 0.0222. The molecule has 1 N–H and O–H groups in total. The van der Waals surface area contributed by atoms with E-state index in [1.165, 1.54) is 0 Å². The van der Waals surface area contributed by atoms with Crippen LogP contribution < -0.4 is 10.1 Å². The monoisotopic (exact) mass is 430 g/mol. The standard InChI is InChI=1S/C22H18N6O2S/c1-28-8-14(7-26-28)13-4-18-21(19(5-13)30-16-9-29-10-16)22(24-11-23-18)27-15-2-3-17-20(6-15)31-12-25-17/h2-8,11-12,16H,9-10H2,1H3,(H,23,24,27). The van der Waals surface area contributed by atoms with Crippen LogP contribution in [0.3, 0.4) is 0 Å². The number of fused-ring (bicyclic) bond motifs is 2. The first-order valence-electron chi connectivity index (χ1n) is 9.85. The molecule has 6 rings (SSSR count). The maximum absolute atomic E-state index is 6.29. The fourth-order valence-corrected chi connectivity index (χ4v) is 4.33. The first-order chi connectivity index (χ1) is 15.2. The maximum atomic E-state index is 6.29. The zero-order chi connectivity index (χ0) is 20.8. The number of hydrogen-bond acceptors (Lipinski definition) is 8. The third-order valence-electron chi connectivity index (χ3n) is 5.24. The molecule has 0 amide bonds. The Bertz CT molecular complexity index is 1410. The van der Waals surface area contributed by atoms with Gasteiger partial charge in [0.1, 0.15) is 24.0 Å². The molecule has 9 heteroatoms. The topological polar surface area (TPSA) is 87.0 Å². The molecule has 0 aliphatic carbocycles. The molecule has 0 unspecified atom stereocenters. The highest BCUT2D eigenvalue weighted by atomic mass is 32.1. The Hall–Kier alpha value is -3.56. The van der Waals surface area contributed by atoms with Crippen LogP contribution in [0.4, 0.5) is 11.5 Å². The number of rotatable bonds is 5. The summed E-state index contributed by atoms with van der Waals surface area (Å²) in [6.07, 6.45) is 5.40. The zero-order valence-electron chi connectivity index (χ0n) is 16.6. The normalized spacial score (nSPS) is 14.1. The van der Waals surface area contributed by atoms with Gasteiger partial charge in [-0.3, -0.25) is 4.68 Å². The lowest BCUT2D eigenvalue weighted by Crippen LogP contribution is -2.38. The van der Waals surface area contributed by atoms with Gasteiger partial charge in [0.25, 0.3) is 0 Å².